The molecule has 0 aliphatic heterocycles. The van der Waals surface area contributed by atoms with E-state index in [1.165, 1.54) is 18.2 Å². The molecule has 17 heavy (non-hydrogen) atoms. The van der Waals surface area contributed by atoms with Gasteiger partial charge in [0.1, 0.15) is 11.6 Å². The highest BCUT2D eigenvalue weighted by molar-refractivity contribution is 5.33. The Morgan fingerprint density at radius 3 is 2.76 bits per heavy atom. The molecule has 0 radical (unpaired) electrons. The molecule has 1 aromatic carbocycles. The van der Waals surface area contributed by atoms with Crippen molar-refractivity contribution in [3.8, 4) is 11.8 Å². The zero-order valence-electron chi connectivity index (χ0n) is 10.0. The van der Waals surface area contributed by atoms with E-state index in [1.807, 2.05) is 13.8 Å². The van der Waals surface area contributed by atoms with Crippen molar-refractivity contribution in [3.05, 3.63) is 29.6 Å². The average Bonchev–Trinajstić information content (AvgIpc) is 2.30. The van der Waals surface area contributed by atoms with E-state index in [0.717, 1.165) is 0 Å². The summed E-state index contributed by atoms with van der Waals surface area (Å²) in [5.41, 5.74) is -0.0286. The second kappa shape index (κ2) is 5.65. The predicted molar refractivity (Wildman–Crippen MR) is 61.8 cm³/mol. The number of halogens is 1. The smallest absolute Gasteiger partial charge is 0.125 e. The van der Waals surface area contributed by atoms with Crippen LogP contribution in [0.15, 0.2) is 18.2 Å². The summed E-state index contributed by atoms with van der Waals surface area (Å²) >= 11 is 0. The largest absolute Gasteiger partial charge is 0.493 e. The lowest BCUT2D eigenvalue weighted by Gasteiger charge is -2.16. The number of rotatable bonds is 5. The lowest BCUT2D eigenvalue weighted by molar-refractivity contribution is 0.243. The molecule has 0 saturated carbocycles. The fourth-order valence-electron chi connectivity index (χ4n) is 1.28. The molecule has 92 valence electrons. The number of hydrogen-bond acceptors (Lipinski definition) is 3. The van der Waals surface area contributed by atoms with Gasteiger partial charge in [-0.1, -0.05) is 0 Å². The van der Waals surface area contributed by atoms with Crippen molar-refractivity contribution >= 4 is 0 Å². The first-order chi connectivity index (χ1) is 7.98. The summed E-state index contributed by atoms with van der Waals surface area (Å²) in [6.45, 7) is 3.75. The van der Waals surface area contributed by atoms with Crippen LogP contribution in [0.3, 0.4) is 0 Å². The molecule has 3 nitrogen and oxygen atoms in total. The van der Waals surface area contributed by atoms with Crippen LogP contribution < -0.4 is 4.74 Å². The van der Waals surface area contributed by atoms with Crippen molar-refractivity contribution in [2.24, 2.45) is 5.41 Å². The van der Waals surface area contributed by atoms with Crippen LogP contribution in [0.2, 0.25) is 0 Å². The van der Waals surface area contributed by atoms with Gasteiger partial charge in [-0.25, -0.2) is 4.39 Å². The van der Waals surface area contributed by atoms with E-state index in [9.17, 15) is 4.39 Å². The molecule has 0 fully saturated rings. The molecule has 0 amide bonds. The normalized spacial score (nSPS) is 11.0. The van der Waals surface area contributed by atoms with Crippen molar-refractivity contribution in [1.29, 1.82) is 5.26 Å². The highest BCUT2D eigenvalue weighted by Crippen LogP contribution is 2.23. The molecular formula is C13H16FNO2. The lowest BCUT2D eigenvalue weighted by atomic mass is 9.92. The molecule has 1 N–H and O–H groups in total. The fourth-order valence-corrected chi connectivity index (χ4v) is 1.28. The van der Waals surface area contributed by atoms with Crippen molar-refractivity contribution in [2.75, 3.05) is 6.61 Å². The van der Waals surface area contributed by atoms with Crippen LogP contribution in [-0.2, 0) is 6.61 Å². The third-order valence-corrected chi connectivity index (χ3v) is 2.48. The summed E-state index contributed by atoms with van der Waals surface area (Å²) in [5, 5.41) is 17.9. The average molecular weight is 237 g/mol. The Labute approximate surface area is 100 Å². The summed E-state index contributed by atoms with van der Waals surface area (Å²) in [6.07, 6.45) is 0.575. The second-order valence-corrected chi connectivity index (χ2v) is 4.50. The second-order valence-electron chi connectivity index (χ2n) is 4.50. The minimum atomic E-state index is -0.445. The van der Waals surface area contributed by atoms with Crippen LogP contribution in [0.4, 0.5) is 4.39 Å². The summed E-state index contributed by atoms with van der Waals surface area (Å²) < 4.78 is 18.3. The first-order valence-corrected chi connectivity index (χ1v) is 5.42. The van der Waals surface area contributed by atoms with E-state index in [-0.39, 0.29) is 6.61 Å². The molecule has 0 aliphatic rings. The molecule has 0 aliphatic carbocycles. The number of aliphatic hydroxyl groups excluding tert-OH is 1. The minimum absolute atomic E-state index is 0.269. The minimum Gasteiger partial charge on any atom is -0.493 e. The zero-order valence-corrected chi connectivity index (χ0v) is 10.0. The third kappa shape index (κ3) is 4.04. The molecule has 0 bridgehead atoms. The predicted octanol–water partition coefficient (Wildman–Crippen LogP) is 2.64. The molecule has 0 unspecified atom stereocenters. The highest BCUT2D eigenvalue weighted by atomic mass is 19.1. The van der Waals surface area contributed by atoms with E-state index in [1.54, 1.807) is 0 Å². The molecule has 0 saturated heterocycles. The maximum atomic E-state index is 12.9. The Balaban J connectivity index is 2.61. The molecule has 0 atom stereocenters. The monoisotopic (exact) mass is 237 g/mol. The van der Waals surface area contributed by atoms with E-state index >= 15 is 0 Å². The summed E-state index contributed by atoms with van der Waals surface area (Å²) in [4.78, 5) is 0. The van der Waals surface area contributed by atoms with Crippen molar-refractivity contribution in [2.45, 2.75) is 26.9 Å². The van der Waals surface area contributed by atoms with Crippen molar-refractivity contribution < 1.29 is 14.2 Å². The van der Waals surface area contributed by atoms with Gasteiger partial charge >= 0.3 is 0 Å². The van der Waals surface area contributed by atoms with Crippen LogP contribution in [0.1, 0.15) is 25.8 Å². The van der Waals surface area contributed by atoms with Crippen molar-refractivity contribution in [3.63, 3.8) is 0 Å². The van der Waals surface area contributed by atoms with E-state index in [4.69, 9.17) is 15.1 Å². The van der Waals surface area contributed by atoms with Crippen molar-refractivity contribution in [1.82, 2.24) is 0 Å². The Bertz CT molecular complexity index is 424. The number of benzene rings is 1. The first-order valence-electron chi connectivity index (χ1n) is 5.42. The Kier molecular flexibility index (Phi) is 4.47. The quantitative estimate of drug-likeness (QED) is 0.856. The number of ether oxygens (including phenoxy) is 1. The van der Waals surface area contributed by atoms with Gasteiger partial charge in [0.2, 0.25) is 0 Å². The number of hydrogen-bond donors (Lipinski definition) is 1. The highest BCUT2D eigenvalue weighted by Gasteiger charge is 2.16. The van der Waals surface area contributed by atoms with Gasteiger partial charge in [-0.05, 0) is 38.5 Å². The molecular weight excluding hydrogens is 221 g/mol. The van der Waals surface area contributed by atoms with Crippen LogP contribution in [0.5, 0.6) is 5.75 Å². The maximum absolute atomic E-state index is 12.9. The van der Waals surface area contributed by atoms with Crippen LogP contribution in [-0.4, -0.2) is 11.7 Å². The van der Waals surface area contributed by atoms with Gasteiger partial charge in [0.05, 0.1) is 24.7 Å². The van der Waals surface area contributed by atoms with Gasteiger partial charge in [0.25, 0.3) is 0 Å². The fraction of sp³-hybridized carbons (Fsp3) is 0.462. The number of nitrogens with zero attached hydrogens (tertiary/aromatic N) is 1. The molecule has 0 heterocycles. The zero-order chi connectivity index (χ0) is 12.9. The topological polar surface area (TPSA) is 53.2 Å². The van der Waals surface area contributed by atoms with E-state index < -0.39 is 11.2 Å². The Morgan fingerprint density at radius 2 is 2.18 bits per heavy atom. The number of aliphatic hydroxyl groups is 1. The summed E-state index contributed by atoms with van der Waals surface area (Å²) in [7, 11) is 0. The van der Waals surface area contributed by atoms with Gasteiger partial charge in [-0.3, -0.25) is 0 Å². The van der Waals surface area contributed by atoms with Gasteiger partial charge < -0.3 is 9.84 Å². The van der Waals surface area contributed by atoms with Crippen LogP contribution >= 0.6 is 0 Å². The van der Waals surface area contributed by atoms with Crippen LogP contribution in [0.25, 0.3) is 0 Å². The molecule has 1 aromatic rings. The van der Waals surface area contributed by atoms with E-state index in [2.05, 4.69) is 6.07 Å². The first kappa shape index (κ1) is 13.5. The molecule has 0 spiro atoms. The summed E-state index contributed by atoms with van der Waals surface area (Å²) in [6, 6.07) is 6.18. The lowest BCUT2D eigenvalue weighted by Crippen LogP contribution is -2.13. The van der Waals surface area contributed by atoms with Gasteiger partial charge in [-0.15, -0.1) is 0 Å². The van der Waals surface area contributed by atoms with Crippen LogP contribution in [0, 0.1) is 22.6 Å². The summed E-state index contributed by atoms with van der Waals surface area (Å²) in [5.74, 6) is 0.0568. The SMILES string of the molecule is CC(C)(C#N)CCOc1ccc(F)cc1CO. The Morgan fingerprint density at radius 1 is 1.47 bits per heavy atom. The van der Waals surface area contributed by atoms with Gasteiger partial charge in [0.15, 0.2) is 0 Å². The molecule has 1 rings (SSSR count). The van der Waals surface area contributed by atoms with Gasteiger partial charge in [0, 0.05) is 5.56 Å². The number of nitriles is 1. The molecule has 4 heteroatoms. The maximum Gasteiger partial charge on any atom is 0.125 e. The molecule has 0 aromatic heterocycles. The Hall–Kier alpha value is -1.60. The third-order valence-electron chi connectivity index (χ3n) is 2.48. The van der Waals surface area contributed by atoms with E-state index in [0.29, 0.717) is 24.3 Å². The van der Waals surface area contributed by atoms with Gasteiger partial charge in [-0.2, -0.15) is 5.26 Å². The standard InChI is InChI=1S/C13H16FNO2/c1-13(2,9-15)5-6-17-12-4-3-11(14)7-10(12)8-16/h3-4,7,16H,5-6,8H2,1-2H3.